The van der Waals surface area contributed by atoms with Crippen LogP contribution in [0.2, 0.25) is 0 Å². The molecule has 0 radical (unpaired) electrons. The van der Waals surface area contributed by atoms with Crippen LogP contribution in [0.1, 0.15) is 43.0 Å². The predicted octanol–water partition coefficient (Wildman–Crippen LogP) is 5.95. The molecule has 3 heteroatoms. The average Bonchev–Trinajstić information content (AvgIpc) is 2.63. The molecule has 0 aliphatic heterocycles. The molecule has 1 atom stereocenters. The van der Waals surface area contributed by atoms with Crippen molar-refractivity contribution in [1.82, 2.24) is 0 Å². The molecule has 0 aromatic heterocycles. The lowest BCUT2D eigenvalue weighted by molar-refractivity contribution is 0.300. The van der Waals surface area contributed by atoms with Gasteiger partial charge in [-0.2, -0.15) is 0 Å². The first-order valence-electron chi connectivity index (χ1n) is 9.59. The molecular weight excluding hydrogens is 366 g/mol. The molecule has 1 unspecified atom stereocenters. The van der Waals surface area contributed by atoms with Crippen LogP contribution in [0.3, 0.4) is 0 Å². The Balaban J connectivity index is 2.02. The minimum absolute atomic E-state index is 0.0664. The number of rotatable bonds is 5. The maximum Gasteiger partial charge on any atom is 0.131 e. The molecule has 0 spiro atoms. The molecule has 3 rings (SSSR count). The molecule has 0 aliphatic carbocycles. The van der Waals surface area contributed by atoms with Crippen molar-refractivity contribution in [2.75, 3.05) is 0 Å². The summed E-state index contributed by atoms with van der Waals surface area (Å²) < 4.78 is 20.9. The van der Waals surface area contributed by atoms with Gasteiger partial charge in [-0.15, -0.1) is 0 Å². The number of hydrogen-bond donors (Lipinski definition) is 0. The first kappa shape index (κ1) is 20.6. The second kappa shape index (κ2) is 8.45. The maximum absolute atomic E-state index is 14.5. The number of halogens is 1. The Labute approximate surface area is 169 Å². The van der Waals surface area contributed by atoms with Crippen LogP contribution in [0.5, 0.6) is 5.75 Å². The summed E-state index contributed by atoms with van der Waals surface area (Å²) in [5.74, 6) is 0.742. The van der Waals surface area contributed by atoms with Gasteiger partial charge in [-0.3, -0.25) is 0 Å². The molecule has 3 aromatic carbocycles. The zero-order chi connectivity index (χ0) is 20.3. The molecule has 0 saturated heterocycles. The molecule has 28 heavy (non-hydrogen) atoms. The van der Waals surface area contributed by atoms with Crippen molar-refractivity contribution in [1.29, 1.82) is 0 Å². The summed E-state index contributed by atoms with van der Waals surface area (Å²) in [6.07, 6.45) is 0. The molecule has 0 N–H and O–H groups in total. The van der Waals surface area contributed by atoms with E-state index in [2.05, 4.69) is 52.0 Å². The van der Waals surface area contributed by atoms with Gasteiger partial charge in [0.25, 0.3) is 0 Å². The van der Waals surface area contributed by atoms with E-state index in [1.54, 1.807) is 6.07 Å². The predicted molar refractivity (Wildman–Crippen MR) is 119 cm³/mol. The Bertz CT molecular complexity index is 958. The van der Waals surface area contributed by atoms with Gasteiger partial charge in [-0.1, -0.05) is 77.9 Å². The summed E-state index contributed by atoms with van der Waals surface area (Å²) in [4.78, 5) is 0. The number of hydrogen-bond acceptors (Lipinski definition) is 1. The van der Waals surface area contributed by atoms with Crippen molar-refractivity contribution in [2.45, 2.75) is 46.6 Å². The van der Waals surface area contributed by atoms with Crippen molar-refractivity contribution < 1.29 is 9.13 Å². The minimum Gasteiger partial charge on any atom is -0.488 e. The minimum atomic E-state index is -0.147. The first-order chi connectivity index (χ1) is 13.2. The largest absolute Gasteiger partial charge is 0.488 e. The van der Waals surface area contributed by atoms with Crippen LogP contribution in [0.25, 0.3) is 0 Å². The summed E-state index contributed by atoms with van der Waals surface area (Å²) in [7, 11) is 0.210. The van der Waals surface area contributed by atoms with Crippen molar-refractivity contribution in [2.24, 2.45) is 0 Å². The number of ether oxygens (including phenoxy) is 1. The highest BCUT2D eigenvalue weighted by molar-refractivity contribution is 7.55. The third-order valence-electron chi connectivity index (χ3n) is 4.66. The zero-order valence-corrected chi connectivity index (χ0v) is 18.3. The molecule has 0 saturated carbocycles. The average molecular weight is 394 g/mol. The van der Waals surface area contributed by atoms with Crippen LogP contribution in [0, 0.1) is 19.7 Å². The Morgan fingerprint density at radius 3 is 2.21 bits per heavy atom. The van der Waals surface area contributed by atoms with E-state index in [9.17, 15) is 4.39 Å². The Morgan fingerprint density at radius 2 is 1.57 bits per heavy atom. The van der Waals surface area contributed by atoms with E-state index < -0.39 is 0 Å². The lowest BCUT2D eigenvalue weighted by Gasteiger charge is -2.26. The second-order valence-electron chi connectivity index (χ2n) is 8.32. The zero-order valence-electron chi connectivity index (χ0n) is 17.3. The normalized spacial score (nSPS) is 11.9. The first-order valence-corrected chi connectivity index (χ1v) is 10.6. The summed E-state index contributed by atoms with van der Waals surface area (Å²) >= 11 is 0. The second-order valence-corrected chi connectivity index (χ2v) is 9.65. The third-order valence-corrected chi connectivity index (χ3v) is 5.98. The van der Waals surface area contributed by atoms with Gasteiger partial charge in [0.05, 0.1) is 0 Å². The van der Waals surface area contributed by atoms with Crippen LogP contribution >= 0.6 is 8.58 Å². The lowest BCUT2D eigenvalue weighted by Crippen LogP contribution is -2.20. The molecule has 146 valence electrons. The van der Waals surface area contributed by atoms with Crippen molar-refractivity contribution in [3.05, 3.63) is 88.7 Å². The van der Waals surface area contributed by atoms with Gasteiger partial charge in [0.2, 0.25) is 0 Å². The van der Waals surface area contributed by atoms with E-state index in [0.717, 1.165) is 27.5 Å². The van der Waals surface area contributed by atoms with Gasteiger partial charge in [-0.25, -0.2) is 4.39 Å². The van der Waals surface area contributed by atoms with E-state index in [4.69, 9.17) is 4.74 Å². The smallest absolute Gasteiger partial charge is 0.131 e. The summed E-state index contributed by atoms with van der Waals surface area (Å²) in [6, 6.07) is 20.0. The molecule has 0 fully saturated rings. The number of aryl methyl sites for hydroxylation is 2. The Kier molecular flexibility index (Phi) is 6.20. The molecule has 0 amide bonds. The monoisotopic (exact) mass is 394 g/mol. The van der Waals surface area contributed by atoms with Crippen LogP contribution in [-0.2, 0) is 12.0 Å². The highest BCUT2D eigenvalue weighted by Crippen LogP contribution is 2.35. The van der Waals surface area contributed by atoms with Crippen LogP contribution in [0.4, 0.5) is 4.39 Å². The fraction of sp³-hybridized carbons (Fsp3) is 0.280. The van der Waals surface area contributed by atoms with Crippen molar-refractivity contribution in [3.8, 4) is 5.75 Å². The highest BCUT2D eigenvalue weighted by Gasteiger charge is 2.23. The molecular formula is C25H28FOP. The fourth-order valence-corrected chi connectivity index (χ4v) is 4.44. The van der Waals surface area contributed by atoms with Gasteiger partial charge in [-0.05, 0) is 48.1 Å². The summed E-state index contributed by atoms with van der Waals surface area (Å²) in [5.41, 5.74) is 4.33. The van der Waals surface area contributed by atoms with Gasteiger partial charge in [0.1, 0.15) is 18.2 Å². The van der Waals surface area contributed by atoms with E-state index in [1.165, 1.54) is 11.1 Å². The summed E-state index contributed by atoms with van der Waals surface area (Å²) in [5, 5.41) is 1.78. The summed E-state index contributed by atoms with van der Waals surface area (Å²) in [6.45, 7) is 11.1. The highest BCUT2D eigenvalue weighted by atomic mass is 31.1. The van der Waals surface area contributed by atoms with Gasteiger partial charge >= 0.3 is 0 Å². The standard InChI is InChI=1S/C25H28FOP/c1-17-11-12-22(21(26)14-17)28-23-15-18(2)13-20(25(3,4)5)24(23)27-16-19-9-7-6-8-10-19/h6-15,28H,16H2,1-5H3. The van der Waals surface area contributed by atoms with E-state index >= 15 is 0 Å². The quantitative estimate of drug-likeness (QED) is 0.486. The van der Waals surface area contributed by atoms with Crippen molar-refractivity contribution >= 4 is 19.2 Å². The van der Waals surface area contributed by atoms with Crippen molar-refractivity contribution in [3.63, 3.8) is 0 Å². The maximum atomic E-state index is 14.5. The lowest BCUT2D eigenvalue weighted by atomic mass is 9.85. The number of benzene rings is 3. The SMILES string of the molecule is Cc1ccc(Pc2cc(C)cc(C(C)(C)C)c2OCc2ccccc2)c(F)c1. The molecule has 3 aromatic rings. The Morgan fingerprint density at radius 1 is 0.857 bits per heavy atom. The topological polar surface area (TPSA) is 9.23 Å². The molecule has 0 heterocycles. The van der Waals surface area contributed by atoms with E-state index in [-0.39, 0.29) is 19.8 Å². The van der Waals surface area contributed by atoms with Gasteiger partial charge in [0, 0.05) is 16.2 Å². The Hall–Kier alpha value is -2.18. The van der Waals surface area contributed by atoms with Crippen LogP contribution in [-0.4, -0.2) is 0 Å². The molecule has 0 bridgehead atoms. The van der Waals surface area contributed by atoms with Crippen LogP contribution in [0.15, 0.2) is 60.7 Å². The van der Waals surface area contributed by atoms with Crippen LogP contribution < -0.4 is 15.3 Å². The molecule has 0 aliphatic rings. The van der Waals surface area contributed by atoms with Gasteiger partial charge in [0.15, 0.2) is 0 Å². The third kappa shape index (κ3) is 5.00. The molecule has 1 nitrogen and oxygen atoms in total. The van der Waals surface area contributed by atoms with E-state index in [0.29, 0.717) is 6.61 Å². The fourth-order valence-electron chi connectivity index (χ4n) is 3.17. The van der Waals surface area contributed by atoms with Gasteiger partial charge < -0.3 is 4.74 Å². The van der Waals surface area contributed by atoms with E-state index in [1.807, 2.05) is 37.3 Å².